The van der Waals surface area contributed by atoms with Gasteiger partial charge in [-0.2, -0.15) is 0 Å². The SMILES string of the molecule is C=CCNCc1cc(F)ccc1F. The Morgan fingerprint density at radius 2 is 2.15 bits per heavy atom. The summed E-state index contributed by atoms with van der Waals surface area (Å²) < 4.78 is 25.6. The number of benzene rings is 1. The molecule has 0 fully saturated rings. The highest BCUT2D eigenvalue weighted by Gasteiger charge is 2.01. The van der Waals surface area contributed by atoms with E-state index in [2.05, 4.69) is 11.9 Å². The lowest BCUT2D eigenvalue weighted by atomic mass is 10.2. The van der Waals surface area contributed by atoms with E-state index in [1.54, 1.807) is 6.08 Å². The molecule has 0 heterocycles. The Labute approximate surface area is 76.1 Å². The Kier molecular flexibility index (Phi) is 3.58. The Hall–Kier alpha value is -1.22. The Bertz CT molecular complexity index is 297. The predicted octanol–water partition coefficient (Wildman–Crippen LogP) is 2.24. The summed E-state index contributed by atoms with van der Waals surface area (Å²) in [5.74, 6) is -0.810. The minimum atomic E-state index is -0.420. The van der Waals surface area contributed by atoms with Crippen LogP contribution in [-0.4, -0.2) is 6.54 Å². The zero-order valence-corrected chi connectivity index (χ0v) is 7.19. The van der Waals surface area contributed by atoms with Gasteiger partial charge >= 0.3 is 0 Å². The van der Waals surface area contributed by atoms with Gasteiger partial charge in [0.05, 0.1) is 0 Å². The fourth-order valence-corrected chi connectivity index (χ4v) is 0.988. The maximum atomic E-state index is 13.0. The number of nitrogens with one attached hydrogen (secondary N) is 1. The average Bonchev–Trinajstić information content (AvgIpc) is 2.11. The quantitative estimate of drug-likeness (QED) is 0.557. The summed E-state index contributed by atoms with van der Waals surface area (Å²) in [4.78, 5) is 0. The van der Waals surface area contributed by atoms with Crippen LogP contribution in [0.3, 0.4) is 0 Å². The molecule has 0 unspecified atom stereocenters. The lowest BCUT2D eigenvalue weighted by Gasteiger charge is -2.03. The minimum Gasteiger partial charge on any atom is -0.309 e. The molecule has 0 spiro atoms. The normalized spacial score (nSPS) is 10.0. The third-order valence-corrected chi connectivity index (χ3v) is 1.61. The van der Waals surface area contributed by atoms with Crippen molar-refractivity contribution in [2.24, 2.45) is 0 Å². The van der Waals surface area contributed by atoms with E-state index in [9.17, 15) is 8.78 Å². The van der Waals surface area contributed by atoms with Crippen LogP contribution in [0.4, 0.5) is 8.78 Å². The third-order valence-electron chi connectivity index (χ3n) is 1.61. The second kappa shape index (κ2) is 4.72. The first-order chi connectivity index (χ1) is 6.24. The highest BCUT2D eigenvalue weighted by molar-refractivity contribution is 5.18. The zero-order valence-electron chi connectivity index (χ0n) is 7.19. The molecule has 3 heteroatoms. The van der Waals surface area contributed by atoms with Gasteiger partial charge in [0.1, 0.15) is 11.6 Å². The molecule has 13 heavy (non-hydrogen) atoms. The number of halogens is 2. The first-order valence-electron chi connectivity index (χ1n) is 3.99. The van der Waals surface area contributed by atoms with Crippen LogP contribution in [0.2, 0.25) is 0 Å². The van der Waals surface area contributed by atoms with Gasteiger partial charge in [-0.3, -0.25) is 0 Å². The van der Waals surface area contributed by atoms with Gasteiger partial charge in [0.25, 0.3) is 0 Å². The van der Waals surface area contributed by atoms with Crippen LogP contribution >= 0.6 is 0 Å². The van der Waals surface area contributed by atoms with Gasteiger partial charge in [-0.05, 0) is 18.2 Å². The summed E-state index contributed by atoms with van der Waals surface area (Å²) in [5.41, 5.74) is 0.335. The Morgan fingerprint density at radius 3 is 2.85 bits per heavy atom. The maximum absolute atomic E-state index is 13.0. The summed E-state index contributed by atoms with van der Waals surface area (Å²) in [5, 5.41) is 2.89. The molecular weight excluding hydrogens is 172 g/mol. The second-order valence-electron chi connectivity index (χ2n) is 2.66. The summed E-state index contributed by atoms with van der Waals surface area (Å²) >= 11 is 0. The fraction of sp³-hybridized carbons (Fsp3) is 0.200. The van der Waals surface area contributed by atoms with E-state index in [0.717, 1.165) is 12.1 Å². The van der Waals surface area contributed by atoms with Crippen molar-refractivity contribution in [1.82, 2.24) is 5.32 Å². The Morgan fingerprint density at radius 1 is 1.38 bits per heavy atom. The molecule has 0 aliphatic heterocycles. The van der Waals surface area contributed by atoms with Crippen molar-refractivity contribution < 1.29 is 8.78 Å². The molecule has 0 aromatic heterocycles. The van der Waals surface area contributed by atoms with E-state index in [1.165, 1.54) is 6.07 Å². The number of rotatable bonds is 4. The molecule has 1 N–H and O–H groups in total. The van der Waals surface area contributed by atoms with Crippen molar-refractivity contribution >= 4 is 0 Å². The summed E-state index contributed by atoms with van der Waals surface area (Å²) in [6.45, 7) is 4.40. The van der Waals surface area contributed by atoms with Crippen LogP contribution in [0, 0.1) is 11.6 Å². The fourth-order valence-electron chi connectivity index (χ4n) is 0.988. The van der Waals surface area contributed by atoms with E-state index >= 15 is 0 Å². The highest BCUT2D eigenvalue weighted by atomic mass is 19.1. The highest BCUT2D eigenvalue weighted by Crippen LogP contribution is 2.08. The van der Waals surface area contributed by atoms with Crippen molar-refractivity contribution in [3.05, 3.63) is 48.1 Å². The van der Waals surface area contributed by atoms with Gasteiger partial charge in [0, 0.05) is 18.7 Å². The molecule has 0 amide bonds. The van der Waals surface area contributed by atoms with Gasteiger partial charge in [-0.25, -0.2) is 8.78 Å². The molecule has 0 atom stereocenters. The topological polar surface area (TPSA) is 12.0 Å². The molecule has 0 aliphatic carbocycles. The lowest BCUT2D eigenvalue weighted by molar-refractivity contribution is 0.575. The molecule has 1 aromatic carbocycles. The van der Waals surface area contributed by atoms with Crippen LogP contribution in [0.25, 0.3) is 0 Å². The van der Waals surface area contributed by atoms with Gasteiger partial charge in [-0.15, -0.1) is 6.58 Å². The molecule has 1 aromatic rings. The van der Waals surface area contributed by atoms with Gasteiger partial charge in [0.2, 0.25) is 0 Å². The van der Waals surface area contributed by atoms with Crippen LogP contribution in [0.1, 0.15) is 5.56 Å². The summed E-state index contributed by atoms with van der Waals surface area (Å²) in [7, 11) is 0. The molecule has 1 nitrogen and oxygen atoms in total. The largest absolute Gasteiger partial charge is 0.309 e. The maximum Gasteiger partial charge on any atom is 0.127 e. The first-order valence-corrected chi connectivity index (χ1v) is 3.99. The molecule has 0 radical (unpaired) electrons. The van der Waals surface area contributed by atoms with Crippen molar-refractivity contribution in [3.8, 4) is 0 Å². The molecular formula is C10H11F2N. The monoisotopic (exact) mass is 183 g/mol. The van der Waals surface area contributed by atoms with Crippen LogP contribution in [0.15, 0.2) is 30.9 Å². The minimum absolute atomic E-state index is 0.315. The van der Waals surface area contributed by atoms with Gasteiger partial charge in [-0.1, -0.05) is 6.08 Å². The molecule has 0 saturated heterocycles. The molecule has 0 aliphatic rings. The van der Waals surface area contributed by atoms with E-state index < -0.39 is 11.6 Å². The summed E-state index contributed by atoms with van der Waals surface area (Å²) in [6.07, 6.45) is 1.66. The van der Waals surface area contributed by atoms with Gasteiger partial charge in [0.15, 0.2) is 0 Å². The first kappa shape index (κ1) is 9.86. The molecule has 0 saturated carbocycles. The number of hydrogen-bond donors (Lipinski definition) is 1. The smallest absolute Gasteiger partial charge is 0.127 e. The van der Waals surface area contributed by atoms with Crippen LogP contribution in [0.5, 0.6) is 0 Å². The van der Waals surface area contributed by atoms with Crippen molar-refractivity contribution in [1.29, 1.82) is 0 Å². The van der Waals surface area contributed by atoms with E-state index in [-0.39, 0.29) is 0 Å². The van der Waals surface area contributed by atoms with E-state index in [0.29, 0.717) is 18.7 Å². The Balaban J connectivity index is 2.64. The van der Waals surface area contributed by atoms with Crippen LogP contribution in [-0.2, 0) is 6.54 Å². The zero-order chi connectivity index (χ0) is 9.68. The molecule has 0 bridgehead atoms. The van der Waals surface area contributed by atoms with E-state index in [1.807, 2.05) is 0 Å². The third kappa shape index (κ3) is 2.95. The van der Waals surface area contributed by atoms with Crippen LogP contribution < -0.4 is 5.32 Å². The summed E-state index contributed by atoms with van der Waals surface area (Å²) in [6, 6.07) is 3.41. The second-order valence-corrected chi connectivity index (χ2v) is 2.66. The lowest BCUT2D eigenvalue weighted by Crippen LogP contribution is -2.13. The van der Waals surface area contributed by atoms with Crippen molar-refractivity contribution in [3.63, 3.8) is 0 Å². The van der Waals surface area contributed by atoms with Crippen molar-refractivity contribution in [2.45, 2.75) is 6.54 Å². The number of hydrogen-bond acceptors (Lipinski definition) is 1. The molecule has 70 valence electrons. The van der Waals surface area contributed by atoms with E-state index in [4.69, 9.17) is 0 Å². The molecule has 1 rings (SSSR count). The predicted molar refractivity (Wildman–Crippen MR) is 48.3 cm³/mol. The van der Waals surface area contributed by atoms with Crippen molar-refractivity contribution in [2.75, 3.05) is 6.54 Å². The van der Waals surface area contributed by atoms with Gasteiger partial charge < -0.3 is 5.32 Å². The average molecular weight is 183 g/mol. The standard InChI is InChI=1S/C10H11F2N/c1-2-5-13-7-8-6-9(11)3-4-10(8)12/h2-4,6,13H,1,5,7H2.